The monoisotopic (exact) mass is 418 g/mol. The topological polar surface area (TPSA) is 84.9 Å². The lowest BCUT2D eigenvalue weighted by Gasteiger charge is -2.26. The predicted octanol–water partition coefficient (Wildman–Crippen LogP) is 2.13. The number of rotatable bonds is 7. The second kappa shape index (κ2) is 9.39. The summed E-state index contributed by atoms with van der Waals surface area (Å²) in [6.07, 6.45) is 0. The van der Waals surface area contributed by atoms with Crippen LogP contribution < -0.4 is 10.1 Å². The summed E-state index contributed by atoms with van der Waals surface area (Å²) >= 11 is 0. The molecule has 1 fully saturated rings. The van der Waals surface area contributed by atoms with Gasteiger partial charge in [0.05, 0.1) is 24.7 Å². The first-order valence-corrected chi connectivity index (χ1v) is 11.0. The standard InChI is InChI=1S/C21H26N2O5S/c1-16-3-7-19(8-4-16)28-12-9-22-21(24)18-6-5-17(2)20(15-18)29(25,26)23-10-13-27-14-11-23/h3-8,15H,9-14H2,1-2H3,(H,22,24). The highest BCUT2D eigenvalue weighted by atomic mass is 32.2. The summed E-state index contributed by atoms with van der Waals surface area (Å²) in [6.45, 7) is 5.73. The average Bonchev–Trinajstić information content (AvgIpc) is 2.73. The van der Waals surface area contributed by atoms with Gasteiger partial charge in [-0.3, -0.25) is 4.79 Å². The number of sulfonamides is 1. The number of morpholine rings is 1. The Morgan fingerprint density at radius 1 is 1.10 bits per heavy atom. The normalized spacial score (nSPS) is 15.1. The van der Waals surface area contributed by atoms with Crippen LogP contribution in [0.2, 0.25) is 0 Å². The summed E-state index contributed by atoms with van der Waals surface area (Å²) < 4.78 is 38.1. The van der Waals surface area contributed by atoms with Crippen LogP contribution in [0.5, 0.6) is 5.75 Å². The molecule has 0 radical (unpaired) electrons. The van der Waals surface area contributed by atoms with Crippen LogP contribution in [-0.4, -0.2) is 58.1 Å². The molecule has 0 atom stereocenters. The van der Waals surface area contributed by atoms with Gasteiger partial charge in [-0.15, -0.1) is 0 Å². The van der Waals surface area contributed by atoms with E-state index in [1.54, 1.807) is 19.1 Å². The molecule has 1 aliphatic heterocycles. The number of aryl methyl sites for hydroxylation is 2. The zero-order valence-electron chi connectivity index (χ0n) is 16.7. The van der Waals surface area contributed by atoms with E-state index in [4.69, 9.17) is 9.47 Å². The first-order chi connectivity index (χ1) is 13.9. The molecule has 1 aliphatic rings. The molecule has 7 nitrogen and oxygen atoms in total. The molecule has 29 heavy (non-hydrogen) atoms. The molecule has 0 bridgehead atoms. The van der Waals surface area contributed by atoms with Crippen LogP contribution >= 0.6 is 0 Å². The smallest absolute Gasteiger partial charge is 0.251 e. The summed E-state index contributed by atoms with van der Waals surface area (Å²) in [6, 6.07) is 12.4. The van der Waals surface area contributed by atoms with Crippen LogP contribution in [0.4, 0.5) is 0 Å². The average molecular weight is 419 g/mol. The molecule has 0 unspecified atom stereocenters. The van der Waals surface area contributed by atoms with Crippen molar-refractivity contribution in [2.24, 2.45) is 0 Å². The van der Waals surface area contributed by atoms with E-state index < -0.39 is 10.0 Å². The molecule has 156 valence electrons. The Bertz CT molecular complexity index is 952. The zero-order valence-corrected chi connectivity index (χ0v) is 17.5. The van der Waals surface area contributed by atoms with Crippen molar-refractivity contribution in [3.8, 4) is 5.75 Å². The highest BCUT2D eigenvalue weighted by Gasteiger charge is 2.28. The van der Waals surface area contributed by atoms with Gasteiger partial charge in [-0.1, -0.05) is 23.8 Å². The van der Waals surface area contributed by atoms with Crippen molar-refractivity contribution in [3.63, 3.8) is 0 Å². The predicted molar refractivity (Wildman–Crippen MR) is 110 cm³/mol. The van der Waals surface area contributed by atoms with Crippen molar-refractivity contribution in [1.29, 1.82) is 0 Å². The van der Waals surface area contributed by atoms with Crippen LogP contribution in [0, 0.1) is 13.8 Å². The molecular weight excluding hydrogens is 392 g/mol. The maximum Gasteiger partial charge on any atom is 0.251 e. The molecule has 1 heterocycles. The van der Waals surface area contributed by atoms with E-state index in [1.807, 2.05) is 31.2 Å². The third-order valence-electron chi connectivity index (χ3n) is 4.72. The minimum absolute atomic E-state index is 0.156. The van der Waals surface area contributed by atoms with Crippen LogP contribution in [0.1, 0.15) is 21.5 Å². The number of amides is 1. The molecule has 0 spiro atoms. The van der Waals surface area contributed by atoms with Gasteiger partial charge in [-0.25, -0.2) is 8.42 Å². The first kappa shape index (κ1) is 21.3. The summed E-state index contributed by atoms with van der Waals surface area (Å²) in [4.78, 5) is 12.6. The fraction of sp³-hybridized carbons (Fsp3) is 0.381. The zero-order chi connectivity index (χ0) is 20.9. The Morgan fingerprint density at radius 3 is 2.48 bits per heavy atom. The second-order valence-corrected chi connectivity index (χ2v) is 8.82. The Balaban J connectivity index is 1.62. The van der Waals surface area contributed by atoms with E-state index in [-0.39, 0.29) is 10.8 Å². The lowest BCUT2D eigenvalue weighted by molar-refractivity contribution is 0.0730. The molecule has 0 aromatic heterocycles. The summed E-state index contributed by atoms with van der Waals surface area (Å²) in [5, 5.41) is 2.77. The molecule has 0 saturated carbocycles. The molecule has 1 saturated heterocycles. The molecule has 8 heteroatoms. The van der Waals surface area contributed by atoms with Crippen molar-refractivity contribution >= 4 is 15.9 Å². The Morgan fingerprint density at radius 2 is 1.79 bits per heavy atom. The largest absolute Gasteiger partial charge is 0.492 e. The third-order valence-corrected chi connectivity index (χ3v) is 6.76. The Kier molecular flexibility index (Phi) is 6.89. The van der Waals surface area contributed by atoms with E-state index in [0.717, 1.165) is 11.3 Å². The number of ether oxygens (including phenoxy) is 2. The van der Waals surface area contributed by atoms with Crippen LogP contribution in [-0.2, 0) is 14.8 Å². The fourth-order valence-corrected chi connectivity index (χ4v) is 4.67. The quantitative estimate of drug-likeness (QED) is 0.697. The number of benzene rings is 2. The minimum Gasteiger partial charge on any atom is -0.492 e. The highest BCUT2D eigenvalue weighted by molar-refractivity contribution is 7.89. The SMILES string of the molecule is Cc1ccc(OCCNC(=O)c2ccc(C)c(S(=O)(=O)N3CCOCC3)c2)cc1. The molecule has 2 aromatic rings. The third kappa shape index (κ3) is 5.35. The second-order valence-electron chi connectivity index (χ2n) is 6.91. The van der Waals surface area contributed by atoms with Crippen molar-refractivity contribution in [3.05, 3.63) is 59.2 Å². The van der Waals surface area contributed by atoms with Gasteiger partial charge in [0.15, 0.2) is 0 Å². The Labute approximate surface area is 171 Å². The number of carbonyl (C=O) groups is 1. The van der Waals surface area contributed by atoms with Crippen molar-refractivity contribution < 1.29 is 22.7 Å². The molecule has 0 aliphatic carbocycles. The number of hydrogen-bond donors (Lipinski definition) is 1. The molecule has 1 amide bonds. The van der Waals surface area contributed by atoms with Crippen LogP contribution in [0.25, 0.3) is 0 Å². The summed E-state index contributed by atoms with van der Waals surface area (Å²) in [5.41, 5.74) is 2.06. The maximum atomic E-state index is 12.9. The summed E-state index contributed by atoms with van der Waals surface area (Å²) in [5.74, 6) is 0.398. The highest BCUT2D eigenvalue weighted by Crippen LogP contribution is 2.22. The van der Waals surface area contributed by atoms with Gasteiger partial charge in [0, 0.05) is 18.7 Å². The minimum atomic E-state index is -3.66. The number of nitrogens with zero attached hydrogens (tertiary/aromatic N) is 1. The van der Waals surface area contributed by atoms with Crippen molar-refractivity contribution in [2.45, 2.75) is 18.7 Å². The van der Waals surface area contributed by atoms with Gasteiger partial charge < -0.3 is 14.8 Å². The van der Waals surface area contributed by atoms with Gasteiger partial charge in [-0.05, 0) is 43.7 Å². The number of nitrogens with one attached hydrogen (secondary N) is 1. The van der Waals surface area contributed by atoms with Crippen LogP contribution in [0.3, 0.4) is 0 Å². The van der Waals surface area contributed by atoms with E-state index in [1.165, 1.54) is 10.4 Å². The molecule has 2 aromatic carbocycles. The number of hydrogen-bond acceptors (Lipinski definition) is 5. The van der Waals surface area contributed by atoms with Gasteiger partial charge in [0.1, 0.15) is 12.4 Å². The van der Waals surface area contributed by atoms with E-state index in [9.17, 15) is 13.2 Å². The number of carbonyl (C=O) groups excluding carboxylic acids is 1. The van der Waals surface area contributed by atoms with Gasteiger partial charge >= 0.3 is 0 Å². The van der Waals surface area contributed by atoms with Crippen molar-refractivity contribution in [2.75, 3.05) is 39.5 Å². The molecule has 1 N–H and O–H groups in total. The fourth-order valence-electron chi connectivity index (χ4n) is 3.02. The van der Waals surface area contributed by atoms with E-state index in [2.05, 4.69) is 5.32 Å². The van der Waals surface area contributed by atoms with Crippen molar-refractivity contribution in [1.82, 2.24) is 9.62 Å². The lowest BCUT2D eigenvalue weighted by atomic mass is 10.1. The van der Waals surface area contributed by atoms with Crippen LogP contribution in [0.15, 0.2) is 47.4 Å². The molecule has 3 rings (SSSR count). The van der Waals surface area contributed by atoms with Gasteiger partial charge in [-0.2, -0.15) is 4.31 Å². The lowest BCUT2D eigenvalue weighted by Crippen LogP contribution is -2.41. The summed E-state index contributed by atoms with van der Waals surface area (Å²) in [7, 11) is -3.66. The first-order valence-electron chi connectivity index (χ1n) is 9.54. The molecular formula is C21H26N2O5S. The van der Waals surface area contributed by atoms with Gasteiger partial charge in [0.2, 0.25) is 10.0 Å². The maximum absolute atomic E-state index is 12.9. The van der Waals surface area contributed by atoms with E-state index >= 15 is 0 Å². The Hall–Kier alpha value is -2.42. The van der Waals surface area contributed by atoms with Gasteiger partial charge in [0.25, 0.3) is 5.91 Å². The van der Waals surface area contributed by atoms with E-state index in [0.29, 0.717) is 50.6 Å².